The van der Waals surface area contributed by atoms with Crippen molar-refractivity contribution in [1.82, 2.24) is 0 Å². The number of fused-ring (bicyclic) bond motifs is 10. The van der Waals surface area contributed by atoms with Gasteiger partial charge in [-0.3, -0.25) is 0 Å². The molecule has 0 aliphatic heterocycles. The number of hydrogen-bond acceptors (Lipinski definition) is 4. The van der Waals surface area contributed by atoms with Crippen LogP contribution in [0.5, 0.6) is 0 Å². The lowest BCUT2D eigenvalue weighted by Crippen LogP contribution is -1.80. The lowest BCUT2D eigenvalue weighted by atomic mass is 10.0. The molecule has 0 N–H and O–H groups in total. The summed E-state index contributed by atoms with van der Waals surface area (Å²) in [7, 11) is 0. The minimum absolute atomic E-state index is 1.40. The Kier molecular flexibility index (Phi) is 3.03. The van der Waals surface area contributed by atoms with Gasteiger partial charge in [0.1, 0.15) is 0 Å². The monoisotopic (exact) mass is 430 g/mol. The standard InChI is InChI=1S/C24H14S4/c1-11-17-19(27-21-13-7-3-5-9-15(13)25-23(17)21)12(2)20-18(11)24-22(28-20)14-8-4-6-10-16(14)26-24/h3-10H,1-2H3. The molecule has 0 saturated carbocycles. The Labute approximate surface area is 177 Å². The van der Waals surface area contributed by atoms with E-state index in [1.165, 1.54) is 70.3 Å². The number of thiophene rings is 4. The van der Waals surface area contributed by atoms with E-state index in [4.69, 9.17) is 0 Å². The molecule has 0 spiro atoms. The van der Waals surface area contributed by atoms with E-state index in [0.717, 1.165) is 0 Å². The molecular formula is C24H14S4. The van der Waals surface area contributed by atoms with Gasteiger partial charge in [0.2, 0.25) is 0 Å². The summed E-state index contributed by atoms with van der Waals surface area (Å²) in [6.07, 6.45) is 0. The zero-order chi connectivity index (χ0) is 18.6. The van der Waals surface area contributed by atoms with Crippen LogP contribution in [0.3, 0.4) is 0 Å². The molecule has 0 fully saturated rings. The number of rotatable bonds is 0. The van der Waals surface area contributed by atoms with Crippen molar-refractivity contribution < 1.29 is 0 Å². The van der Waals surface area contributed by atoms with Crippen LogP contribution in [0.2, 0.25) is 0 Å². The van der Waals surface area contributed by atoms with Crippen LogP contribution in [0.25, 0.3) is 59.1 Å². The molecule has 0 saturated heterocycles. The normalized spacial score (nSPS) is 12.6. The summed E-state index contributed by atoms with van der Waals surface area (Å²) in [6.45, 7) is 4.67. The maximum Gasteiger partial charge on any atom is 0.0545 e. The Morgan fingerprint density at radius 1 is 0.464 bits per heavy atom. The van der Waals surface area contributed by atoms with E-state index in [0.29, 0.717) is 0 Å². The second-order valence-electron chi connectivity index (χ2n) is 7.38. The van der Waals surface area contributed by atoms with Crippen molar-refractivity contribution in [3.63, 3.8) is 0 Å². The number of hydrogen-bond donors (Lipinski definition) is 0. The van der Waals surface area contributed by atoms with Crippen molar-refractivity contribution in [2.45, 2.75) is 13.8 Å². The van der Waals surface area contributed by atoms with E-state index in [9.17, 15) is 0 Å². The zero-order valence-corrected chi connectivity index (χ0v) is 18.5. The highest BCUT2D eigenvalue weighted by Crippen LogP contribution is 2.53. The highest BCUT2D eigenvalue weighted by molar-refractivity contribution is 7.38. The average molecular weight is 431 g/mol. The second kappa shape index (κ2) is 5.33. The minimum Gasteiger partial charge on any atom is -0.134 e. The summed E-state index contributed by atoms with van der Waals surface area (Å²) in [4.78, 5) is 0. The number of aryl methyl sites for hydroxylation is 2. The van der Waals surface area contributed by atoms with Gasteiger partial charge >= 0.3 is 0 Å². The summed E-state index contributed by atoms with van der Waals surface area (Å²) in [5.41, 5.74) is 2.93. The lowest BCUT2D eigenvalue weighted by Gasteiger charge is -2.04. The van der Waals surface area contributed by atoms with Gasteiger partial charge in [-0.2, -0.15) is 0 Å². The Morgan fingerprint density at radius 3 is 1.43 bits per heavy atom. The molecule has 0 radical (unpaired) electrons. The Morgan fingerprint density at radius 2 is 0.929 bits per heavy atom. The first kappa shape index (κ1) is 15.9. The van der Waals surface area contributed by atoms with Gasteiger partial charge in [-0.25, -0.2) is 0 Å². The van der Waals surface area contributed by atoms with Crippen molar-refractivity contribution in [2.75, 3.05) is 0 Å². The van der Waals surface area contributed by atoms with E-state index in [-0.39, 0.29) is 0 Å². The van der Waals surface area contributed by atoms with Crippen LogP contribution >= 0.6 is 45.3 Å². The van der Waals surface area contributed by atoms with Crippen LogP contribution in [-0.4, -0.2) is 0 Å². The highest BCUT2D eigenvalue weighted by Gasteiger charge is 2.22. The van der Waals surface area contributed by atoms with Crippen LogP contribution in [0.4, 0.5) is 0 Å². The van der Waals surface area contributed by atoms with Crippen molar-refractivity contribution in [3.05, 3.63) is 59.7 Å². The molecule has 4 aromatic heterocycles. The van der Waals surface area contributed by atoms with Gasteiger partial charge in [0.25, 0.3) is 0 Å². The molecule has 4 heteroatoms. The molecule has 0 bridgehead atoms. The minimum atomic E-state index is 1.40. The van der Waals surface area contributed by atoms with Gasteiger partial charge in [0.05, 0.1) is 18.8 Å². The van der Waals surface area contributed by atoms with Crippen LogP contribution in [0.1, 0.15) is 11.1 Å². The van der Waals surface area contributed by atoms with Gasteiger partial charge in [-0.1, -0.05) is 36.4 Å². The topological polar surface area (TPSA) is 0 Å². The van der Waals surface area contributed by atoms with Crippen molar-refractivity contribution in [2.24, 2.45) is 0 Å². The fourth-order valence-corrected chi connectivity index (χ4v) is 10.4. The fraction of sp³-hybridized carbons (Fsp3) is 0.0833. The molecule has 0 nitrogen and oxygen atoms in total. The van der Waals surface area contributed by atoms with Gasteiger partial charge in [-0.15, -0.1) is 45.3 Å². The first-order chi connectivity index (χ1) is 13.7. The molecule has 7 rings (SSSR count). The Balaban J connectivity index is 1.76. The molecular weight excluding hydrogens is 417 g/mol. The molecule has 0 aliphatic rings. The van der Waals surface area contributed by atoms with E-state index in [1.54, 1.807) is 0 Å². The summed E-state index contributed by atoms with van der Waals surface area (Å²) in [6, 6.07) is 17.7. The SMILES string of the molecule is Cc1c2sc3c4ccccc4sc3c2c(C)c2c1sc1c3ccccc3sc12. The number of benzene rings is 3. The Bertz CT molecular complexity index is 1610. The molecule has 134 valence electrons. The first-order valence-electron chi connectivity index (χ1n) is 9.29. The molecule has 0 atom stereocenters. The van der Waals surface area contributed by atoms with Crippen LogP contribution in [0.15, 0.2) is 48.5 Å². The van der Waals surface area contributed by atoms with Crippen molar-refractivity contribution >= 4 is 104 Å². The molecule has 28 heavy (non-hydrogen) atoms. The van der Waals surface area contributed by atoms with Gasteiger partial charge in [-0.05, 0) is 37.1 Å². The fourth-order valence-electron chi connectivity index (χ4n) is 4.53. The lowest BCUT2D eigenvalue weighted by molar-refractivity contribution is 1.59. The largest absolute Gasteiger partial charge is 0.134 e. The molecule has 3 aromatic carbocycles. The molecule has 4 heterocycles. The maximum atomic E-state index is 2.34. The van der Waals surface area contributed by atoms with Crippen molar-refractivity contribution in [1.29, 1.82) is 0 Å². The van der Waals surface area contributed by atoms with E-state index in [1.807, 2.05) is 45.3 Å². The molecule has 0 aliphatic carbocycles. The van der Waals surface area contributed by atoms with E-state index in [2.05, 4.69) is 62.4 Å². The van der Waals surface area contributed by atoms with Crippen molar-refractivity contribution in [3.8, 4) is 0 Å². The highest BCUT2D eigenvalue weighted by atomic mass is 32.1. The van der Waals surface area contributed by atoms with Gasteiger partial charge < -0.3 is 0 Å². The second-order valence-corrected chi connectivity index (χ2v) is 11.5. The third-order valence-corrected chi connectivity index (χ3v) is 11.2. The summed E-state index contributed by atoms with van der Waals surface area (Å²) >= 11 is 7.90. The maximum absolute atomic E-state index is 2.34. The average Bonchev–Trinajstić information content (AvgIpc) is 3.43. The molecule has 0 unspecified atom stereocenters. The molecule has 0 amide bonds. The van der Waals surface area contributed by atoms with E-state index >= 15 is 0 Å². The van der Waals surface area contributed by atoms with Gasteiger partial charge in [0, 0.05) is 40.3 Å². The van der Waals surface area contributed by atoms with Gasteiger partial charge in [0.15, 0.2) is 0 Å². The third-order valence-electron chi connectivity index (χ3n) is 5.85. The smallest absolute Gasteiger partial charge is 0.0545 e. The quantitative estimate of drug-likeness (QED) is 0.225. The Hall–Kier alpha value is -1.98. The molecule has 7 aromatic rings. The third kappa shape index (κ3) is 1.80. The predicted octanol–water partition coefficient (Wildman–Crippen LogP) is 9.47. The van der Waals surface area contributed by atoms with Crippen LogP contribution in [0, 0.1) is 13.8 Å². The van der Waals surface area contributed by atoms with Crippen LogP contribution in [-0.2, 0) is 0 Å². The summed E-state index contributed by atoms with van der Waals surface area (Å²) in [5, 5.41) is 5.81. The summed E-state index contributed by atoms with van der Waals surface area (Å²) in [5.74, 6) is 0. The van der Waals surface area contributed by atoms with E-state index < -0.39 is 0 Å². The zero-order valence-electron chi connectivity index (χ0n) is 15.3. The summed E-state index contributed by atoms with van der Waals surface area (Å²) < 4.78 is 11.7. The first-order valence-corrected chi connectivity index (χ1v) is 12.6. The predicted molar refractivity (Wildman–Crippen MR) is 132 cm³/mol. The van der Waals surface area contributed by atoms with Crippen LogP contribution < -0.4 is 0 Å².